The Morgan fingerprint density at radius 2 is 2.11 bits per heavy atom. The maximum absolute atomic E-state index is 11.3. The summed E-state index contributed by atoms with van der Waals surface area (Å²) in [6.07, 6.45) is 1.17. The first-order chi connectivity index (χ1) is 9.11. The predicted octanol–water partition coefficient (Wildman–Crippen LogP) is 1.36. The molecule has 1 aliphatic heterocycles. The molecule has 1 heterocycles. The summed E-state index contributed by atoms with van der Waals surface area (Å²) in [6, 6.07) is 8.49. The molecule has 4 nitrogen and oxygen atoms in total. The molecular weight excluding hydrogens is 238 g/mol. The van der Waals surface area contributed by atoms with Crippen molar-refractivity contribution in [1.29, 1.82) is 0 Å². The van der Waals surface area contributed by atoms with Gasteiger partial charge in [0.15, 0.2) is 5.78 Å². The van der Waals surface area contributed by atoms with Crippen LogP contribution in [0, 0.1) is 0 Å². The summed E-state index contributed by atoms with van der Waals surface area (Å²) >= 11 is 0. The third-order valence-corrected chi connectivity index (χ3v) is 3.91. The molecule has 1 aromatic rings. The van der Waals surface area contributed by atoms with Crippen LogP contribution in [0.4, 0.5) is 5.69 Å². The lowest BCUT2D eigenvalue weighted by molar-refractivity contribution is 0.101. The van der Waals surface area contributed by atoms with Gasteiger partial charge >= 0.3 is 0 Å². The van der Waals surface area contributed by atoms with Crippen LogP contribution in [0.5, 0.6) is 0 Å². The largest absolute Gasteiger partial charge is 0.370 e. The Hall–Kier alpha value is -1.39. The second-order valence-corrected chi connectivity index (χ2v) is 5.26. The molecule has 0 spiro atoms. The molecule has 19 heavy (non-hydrogen) atoms. The molecule has 1 atom stereocenters. The van der Waals surface area contributed by atoms with Gasteiger partial charge in [0, 0.05) is 43.5 Å². The van der Waals surface area contributed by atoms with E-state index in [0.29, 0.717) is 12.6 Å². The molecule has 0 amide bonds. The van der Waals surface area contributed by atoms with Crippen molar-refractivity contribution in [3.05, 3.63) is 29.8 Å². The Balaban J connectivity index is 1.98. The van der Waals surface area contributed by atoms with E-state index in [4.69, 9.17) is 5.73 Å². The van der Waals surface area contributed by atoms with Crippen LogP contribution in [0.3, 0.4) is 0 Å². The first-order valence-electron chi connectivity index (χ1n) is 6.88. The molecule has 1 aliphatic rings. The number of ketones is 1. The topological polar surface area (TPSA) is 49.6 Å². The molecule has 2 rings (SSSR count). The van der Waals surface area contributed by atoms with Crippen molar-refractivity contribution in [1.82, 2.24) is 4.90 Å². The van der Waals surface area contributed by atoms with Gasteiger partial charge in [-0.25, -0.2) is 0 Å². The number of hydrogen-bond acceptors (Lipinski definition) is 4. The Bertz CT molecular complexity index is 430. The van der Waals surface area contributed by atoms with Gasteiger partial charge in [-0.2, -0.15) is 0 Å². The van der Waals surface area contributed by atoms with Crippen LogP contribution < -0.4 is 10.6 Å². The minimum absolute atomic E-state index is 0.119. The summed E-state index contributed by atoms with van der Waals surface area (Å²) in [5.41, 5.74) is 7.58. The molecule has 0 bridgehead atoms. The Kier molecular flexibility index (Phi) is 4.56. The maximum atomic E-state index is 11.3. The molecule has 0 aliphatic carbocycles. The first-order valence-corrected chi connectivity index (χ1v) is 6.88. The van der Waals surface area contributed by atoms with E-state index in [-0.39, 0.29) is 5.78 Å². The van der Waals surface area contributed by atoms with Gasteiger partial charge in [0.1, 0.15) is 0 Å². The van der Waals surface area contributed by atoms with Crippen LogP contribution in [-0.4, -0.2) is 50.0 Å². The SMILES string of the molecule is CC(=O)c1ccc(N2CCC(N(C)CCN)C2)cc1. The number of carbonyl (C=O) groups is 1. The summed E-state index contributed by atoms with van der Waals surface area (Å²) in [6.45, 7) is 5.36. The van der Waals surface area contributed by atoms with Gasteiger partial charge in [-0.3, -0.25) is 4.79 Å². The molecule has 0 radical (unpaired) electrons. The number of hydrogen-bond donors (Lipinski definition) is 1. The van der Waals surface area contributed by atoms with Gasteiger partial charge in [0.2, 0.25) is 0 Å². The van der Waals surface area contributed by atoms with E-state index in [1.807, 2.05) is 24.3 Å². The molecule has 2 N–H and O–H groups in total. The van der Waals surface area contributed by atoms with E-state index in [0.717, 1.165) is 25.2 Å². The Labute approximate surface area is 115 Å². The van der Waals surface area contributed by atoms with E-state index in [1.54, 1.807) is 6.92 Å². The normalized spacial score (nSPS) is 19.2. The van der Waals surface area contributed by atoms with Gasteiger partial charge in [0.25, 0.3) is 0 Å². The van der Waals surface area contributed by atoms with Crippen LogP contribution in [0.25, 0.3) is 0 Å². The number of nitrogens with two attached hydrogens (primary N) is 1. The highest BCUT2D eigenvalue weighted by Gasteiger charge is 2.25. The fraction of sp³-hybridized carbons (Fsp3) is 0.533. The highest BCUT2D eigenvalue weighted by Crippen LogP contribution is 2.23. The van der Waals surface area contributed by atoms with Crippen molar-refractivity contribution >= 4 is 11.5 Å². The molecule has 1 unspecified atom stereocenters. The van der Waals surface area contributed by atoms with Crippen LogP contribution in [0.15, 0.2) is 24.3 Å². The molecule has 1 fully saturated rings. The van der Waals surface area contributed by atoms with Crippen molar-refractivity contribution in [3.63, 3.8) is 0 Å². The van der Waals surface area contributed by atoms with Gasteiger partial charge < -0.3 is 15.5 Å². The minimum atomic E-state index is 0.119. The average Bonchev–Trinajstić information content (AvgIpc) is 2.89. The predicted molar refractivity (Wildman–Crippen MR) is 78.7 cm³/mol. The number of anilines is 1. The Morgan fingerprint density at radius 3 is 2.68 bits per heavy atom. The zero-order valence-corrected chi connectivity index (χ0v) is 11.8. The molecular formula is C15H23N3O. The highest BCUT2D eigenvalue weighted by atomic mass is 16.1. The standard InChI is InChI=1S/C15H23N3O/c1-12(19)13-3-5-14(6-4-13)18-9-7-15(11-18)17(2)10-8-16/h3-6,15H,7-11,16H2,1-2H3. The van der Waals surface area contributed by atoms with E-state index >= 15 is 0 Å². The summed E-state index contributed by atoms with van der Waals surface area (Å²) < 4.78 is 0. The van der Waals surface area contributed by atoms with E-state index < -0.39 is 0 Å². The van der Waals surface area contributed by atoms with Crippen molar-refractivity contribution < 1.29 is 4.79 Å². The minimum Gasteiger partial charge on any atom is -0.370 e. The monoisotopic (exact) mass is 261 g/mol. The summed E-state index contributed by atoms with van der Waals surface area (Å²) in [4.78, 5) is 16.0. The van der Waals surface area contributed by atoms with Gasteiger partial charge in [0.05, 0.1) is 0 Å². The van der Waals surface area contributed by atoms with E-state index in [9.17, 15) is 4.79 Å². The second-order valence-electron chi connectivity index (χ2n) is 5.26. The average molecular weight is 261 g/mol. The highest BCUT2D eigenvalue weighted by molar-refractivity contribution is 5.94. The lowest BCUT2D eigenvalue weighted by atomic mass is 10.1. The number of carbonyl (C=O) groups excluding carboxylic acids is 1. The second kappa shape index (κ2) is 6.17. The van der Waals surface area contributed by atoms with E-state index in [1.165, 1.54) is 12.1 Å². The number of nitrogens with zero attached hydrogens (tertiary/aromatic N) is 2. The third kappa shape index (κ3) is 3.33. The van der Waals surface area contributed by atoms with Crippen LogP contribution in [0.1, 0.15) is 23.7 Å². The van der Waals surface area contributed by atoms with Crippen LogP contribution in [0.2, 0.25) is 0 Å². The van der Waals surface area contributed by atoms with Gasteiger partial charge in [-0.05, 0) is 44.7 Å². The molecule has 104 valence electrons. The zero-order chi connectivity index (χ0) is 13.8. The van der Waals surface area contributed by atoms with Crippen molar-refractivity contribution in [3.8, 4) is 0 Å². The molecule has 4 heteroatoms. The lowest BCUT2D eigenvalue weighted by Gasteiger charge is -2.24. The van der Waals surface area contributed by atoms with Gasteiger partial charge in [-0.1, -0.05) is 0 Å². The fourth-order valence-electron chi connectivity index (χ4n) is 2.63. The smallest absolute Gasteiger partial charge is 0.159 e. The number of Topliss-reactive ketones (excluding diaryl/α,β-unsaturated/α-hetero) is 1. The van der Waals surface area contributed by atoms with Crippen LogP contribution in [-0.2, 0) is 0 Å². The van der Waals surface area contributed by atoms with Crippen molar-refractivity contribution in [2.75, 3.05) is 38.1 Å². The number of likely N-dealkylation sites (N-methyl/N-ethyl adjacent to an activating group) is 1. The molecule has 0 saturated carbocycles. The Morgan fingerprint density at radius 1 is 1.42 bits per heavy atom. The van der Waals surface area contributed by atoms with Crippen LogP contribution >= 0.6 is 0 Å². The summed E-state index contributed by atoms with van der Waals surface area (Å²) in [5.74, 6) is 0.119. The molecule has 0 aromatic heterocycles. The maximum Gasteiger partial charge on any atom is 0.159 e. The molecule has 1 aromatic carbocycles. The lowest BCUT2D eigenvalue weighted by Crippen LogP contribution is -2.37. The van der Waals surface area contributed by atoms with Crippen molar-refractivity contribution in [2.24, 2.45) is 5.73 Å². The quantitative estimate of drug-likeness (QED) is 0.813. The van der Waals surface area contributed by atoms with E-state index in [2.05, 4.69) is 16.8 Å². The fourth-order valence-corrected chi connectivity index (χ4v) is 2.63. The zero-order valence-electron chi connectivity index (χ0n) is 11.8. The van der Waals surface area contributed by atoms with Gasteiger partial charge in [-0.15, -0.1) is 0 Å². The first kappa shape index (κ1) is 14.0. The number of benzene rings is 1. The summed E-state index contributed by atoms with van der Waals surface area (Å²) in [7, 11) is 2.14. The summed E-state index contributed by atoms with van der Waals surface area (Å²) in [5, 5.41) is 0. The van der Waals surface area contributed by atoms with Crippen molar-refractivity contribution in [2.45, 2.75) is 19.4 Å². The molecule has 1 saturated heterocycles. The third-order valence-electron chi connectivity index (χ3n) is 3.91. The number of rotatable bonds is 5.